The number of fused-ring (bicyclic) bond motifs is 3. The largest absolute Gasteiger partial charge is 0.497 e. The SMILES string of the molecule is COc1ccc(C2=NN3C(C2)c2cccc(OC)c2OC3c2ccc(OC)c(OC)c2C(C)=O)cc1. The number of nitrogens with zero attached hydrogens (tertiary/aromatic N) is 2. The first-order valence-corrected chi connectivity index (χ1v) is 11.6. The van der Waals surface area contributed by atoms with Gasteiger partial charge in [0.15, 0.2) is 28.8 Å². The van der Waals surface area contributed by atoms with E-state index in [2.05, 4.69) is 0 Å². The molecule has 0 saturated carbocycles. The maximum atomic E-state index is 12.9. The molecule has 2 atom stereocenters. The first-order chi connectivity index (χ1) is 17.5. The van der Waals surface area contributed by atoms with E-state index in [1.54, 1.807) is 27.4 Å². The summed E-state index contributed by atoms with van der Waals surface area (Å²) < 4.78 is 28.6. The molecule has 0 aromatic heterocycles. The predicted octanol–water partition coefficient (Wildman–Crippen LogP) is 5.17. The van der Waals surface area contributed by atoms with Crippen LogP contribution in [0.2, 0.25) is 0 Å². The van der Waals surface area contributed by atoms with Crippen LogP contribution in [0, 0.1) is 0 Å². The molecular formula is C28H28N2O6. The molecule has 0 saturated heterocycles. The van der Waals surface area contributed by atoms with Gasteiger partial charge in [-0.2, -0.15) is 5.10 Å². The zero-order chi connectivity index (χ0) is 25.4. The summed E-state index contributed by atoms with van der Waals surface area (Å²) in [4.78, 5) is 12.9. The molecule has 36 heavy (non-hydrogen) atoms. The summed E-state index contributed by atoms with van der Waals surface area (Å²) in [6.07, 6.45) is -0.0250. The van der Waals surface area contributed by atoms with E-state index in [1.165, 1.54) is 14.0 Å². The molecule has 2 aliphatic heterocycles. The van der Waals surface area contributed by atoms with Crippen LogP contribution < -0.4 is 23.7 Å². The van der Waals surface area contributed by atoms with Crippen molar-refractivity contribution in [3.8, 4) is 28.7 Å². The van der Waals surface area contributed by atoms with Gasteiger partial charge in [0.2, 0.25) is 6.23 Å². The molecule has 0 amide bonds. The van der Waals surface area contributed by atoms with Crippen molar-refractivity contribution in [1.82, 2.24) is 5.01 Å². The minimum atomic E-state index is -0.687. The lowest BCUT2D eigenvalue weighted by Crippen LogP contribution is -2.34. The molecule has 2 unspecified atom stereocenters. The van der Waals surface area contributed by atoms with Crippen LogP contribution in [0.25, 0.3) is 0 Å². The van der Waals surface area contributed by atoms with Crippen molar-refractivity contribution < 1.29 is 28.5 Å². The third-order valence-electron chi connectivity index (χ3n) is 6.62. The highest BCUT2D eigenvalue weighted by Gasteiger charge is 2.43. The van der Waals surface area contributed by atoms with Crippen LogP contribution in [0.3, 0.4) is 0 Å². The zero-order valence-electron chi connectivity index (χ0n) is 20.9. The van der Waals surface area contributed by atoms with Gasteiger partial charge in [-0.3, -0.25) is 4.79 Å². The maximum Gasteiger partial charge on any atom is 0.214 e. The van der Waals surface area contributed by atoms with Crippen molar-refractivity contribution >= 4 is 11.5 Å². The summed E-state index contributed by atoms with van der Waals surface area (Å²) in [6.45, 7) is 1.51. The van der Waals surface area contributed by atoms with Gasteiger partial charge in [0.25, 0.3) is 0 Å². The Hall–Kier alpha value is -4.20. The minimum Gasteiger partial charge on any atom is -0.497 e. The molecule has 0 fully saturated rings. The van der Waals surface area contributed by atoms with Gasteiger partial charge in [-0.1, -0.05) is 12.1 Å². The van der Waals surface area contributed by atoms with Crippen molar-refractivity contribution in [1.29, 1.82) is 0 Å². The molecular weight excluding hydrogens is 460 g/mol. The van der Waals surface area contributed by atoms with Crippen LogP contribution in [-0.4, -0.2) is 44.9 Å². The van der Waals surface area contributed by atoms with E-state index < -0.39 is 6.23 Å². The van der Waals surface area contributed by atoms with Gasteiger partial charge in [0.05, 0.1) is 45.8 Å². The normalized spacial score (nSPS) is 17.9. The van der Waals surface area contributed by atoms with Gasteiger partial charge in [-0.15, -0.1) is 0 Å². The van der Waals surface area contributed by atoms with E-state index in [0.717, 1.165) is 22.6 Å². The molecule has 0 bridgehead atoms. The molecule has 2 heterocycles. The Labute approximate surface area is 210 Å². The Morgan fingerprint density at radius 2 is 1.64 bits per heavy atom. The lowest BCUT2D eigenvalue weighted by atomic mass is 9.94. The third kappa shape index (κ3) is 3.79. The smallest absolute Gasteiger partial charge is 0.214 e. The van der Waals surface area contributed by atoms with Crippen LogP contribution >= 0.6 is 0 Å². The fourth-order valence-electron chi connectivity index (χ4n) is 4.92. The highest BCUT2D eigenvalue weighted by atomic mass is 16.5. The van der Waals surface area contributed by atoms with Crippen LogP contribution in [-0.2, 0) is 0 Å². The molecule has 2 aliphatic rings. The van der Waals surface area contributed by atoms with Crippen molar-refractivity contribution in [3.05, 3.63) is 76.9 Å². The summed E-state index contributed by atoms with van der Waals surface area (Å²) in [5.74, 6) is 2.72. The number of hydrogen-bond acceptors (Lipinski definition) is 8. The van der Waals surface area contributed by atoms with Crippen molar-refractivity contribution in [2.75, 3.05) is 28.4 Å². The third-order valence-corrected chi connectivity index (χ3v) is 6.62. The first kappa shape index (κ1) is 23.5. The van der Waals surface area contributed by atoms with Gasteiger partial charge < -0.3 is 23.7 Å². The number of Topliss-reactive ketones (excluding diaryl/α,β-unsaturated/α-hetero) is 1. The summed E-state index contributed by atoms with van der Waals surface area (Å²) in [5.41, 5.74) is 3.92. The molecule has 0 N–H and O–H groups in total. The molecule has 3 aromatic carbocycles. The highest BCUT2D eigenvalue weighted by Crippen LogP contribution is 2.52. The molecule has 186 valence electrons. The minimum absolute atomic E-state index is 0.112. The second-order valence-electron chi connectivity index (χ2n) is 8.55. The monoisotopic (exact) mass is 488 g/mol. The van der Waals surface area contributed by atoms with E-state index in [4.69, 9.17) is 28.8 Å². The number of para-hydroxylation sites is 1. The second kappa shape index (κ2) is 9.45. The number of ketones is 1. The number of carbonyl (C=O) groups is 1. The fraction of sp³-hybridized carbons (Fsp3) is 0.286. The molecule has 3 aromatic rings. The Bertz CT molecular complexity index is 1330. The molecule has 5 rings (SSSR count). The average molecular weight is 489 g/mol. The first-order valence-electron chi connectivity index (χ1n) is 11.6. The van der Waals surface area contributed by atoms with Crippen LogP contribution in [0.1, 0.15) is 52.7 Å². The van der Waals surface area contributed by atoms with Crippen LogP contribution in [0.4, 0.5) is 0 Å². The van der Waals surface area contributed by atoms with E-state index >= 15 is 0 Å². The summed E-state index contributed by atoms with van der Waals surface area (Å²) in [6, 6.07) is 17.2. The van der Waals surface area contributed by atoms with E-state index in [0.29, 0.717) is 40.5 Å². The van der Waals surface area contributed by atoms with E-state index in [9.17, 15) is 4.79 Å². The van der Waals surface area contributed by atoms with E-state index in [-0.39, 0.29) is 11.8 Å². The predicted molar refractivity (Wildman–Crippen MR) is 135 cm³/mol. The second-order valence-corrected chi connectivity index (χ2v) is 8.55. The van der Waals surface area contributed by atoms with E-state index in [1.807, 2.05) is 53.5 Å². The topological polar surface area (TPSA) is 78.8 Å². The van der Waals surface area contributed by atoms with Gasteiger partial charge >= 0.3 is 0 Å². The van der Waals surface area contributed by atoms with Crippen LogP contribution in [0.5, 0.6) is 28.7 Å². The van der Waals surface area contributed by atoms with Gasteiger partial charge in [0.1, 0.15) is 5.75 Å². The summed E-state index contributed by atoms with van der Waals surface area (Å²) in [7, 11) is 6.32. The lowest BCUT2D eigenvalue weighted by Gasteiger charge is -2.39. The van der Waals surface area contributed by atoms with Gasteiger partial charge in [-0.05, 0) is 55.0 Å². The number of benzene rings is 3. The molecule has 0 radical (unpaired) electrons. The number of carbonyl (C=O) groups excluding carboxylic acids is 1. The number of hydrogen-bond donors (Lipinski definition) is 0. The number of ether oxygens (including phenoxy) is 5. The van der Waals surface area contributed by atoms with Gasteiger partial charge in [0, 0.05) is 17.5 Å². The summed E-state index contributed by atoms with van der Waals surface area (Å²) in [5, 5.41) is 6.93. The fourth-order valence-corrected chi connectivity index (χ4v) is 4.92. The van der Waals surface area contributed by atoms with Crippen molar-refractivity contribution in [2.45, 2.75) is 25.6 Å². The number of rotatable bonds is 7. The Morgan fingerprint density at radius 1 is 0.889 bits per heavy atom. The standard InChI is InChI=1S/C28H28N2O6/c1-16(31)25-20(13-14-24(34-4)27(25)35-5)28-30-22(19-7-6-8-23(33-3)26(19)36-28)15-21(29-30)17-9-11-18(32-2)12-10-17/h6-14,22,28H,15H2,1-5H3. The lowest BCUT2D eigenvalue weighted by molar-refractivity contribution is -0.0214. The maximum absolute atomic E-state index is 12.9. The Kier molecular flexibility index (Phi) is 6.18. The Balaban J connectivity index is 1.68. The quantitative estimate of drug-likeness (QED) is 0.425. The van der Waals surface area contributed by atoms with Crippen molar-refractivity contribution in [3.63, 3.8) is 0 Å². The zero-order valence-corrected chi connectivity index (χ0v) is 20.9. The summed E-state index contributed by atoms with van der Waals surface area (Å²) >= 11 is 0. The molecule has 8 nitrogen and oxygen atoms in total. The Morgan fingerprint density at radius 3 is 2.28 bits per heavy atom. The number of hydrazone groups is 1. The van der Waals surface area contributed by atoms with Gasteiger partial charge in [-0.25, -0.2) is 5.01 Å². The highest BCUT2D eigenvalue weighted by molar-refractivity contribution is 6.02. The number of methoxy groups -OCH3 is 4. The average Bonchev–Trinajstić information content (AvgIpc) is 3.37. The van der Waals surface area contributed by atoms with Crippen LogP contribution in [0.15, 0.2) is 59.7 Å². The molecule has 0 aliphatic carbocycles. The van der Waals surface area contributed by atoms with Crippen molar-refractivity contribution in [2.24, 2.45) is 5.10 Å². The molecule has 0 spiro atoms. The molecule has 8 heteroatoms.